The van der Waals surface area contributed by atoms with Crippen LogP contribution in [0.25, 0.3) is 0 Å². The molecule has 4 N–H and O–H groups in total. The highest BCUT2D eigenvalue weighted by Gasteiger charge is 2.15. The molecule has 0 saturated heterocycles. The Bertz CT molecular complexity index is 793. The third kappa shape index (κ3) is 5.84. The van der Waals surface area contributed by atoms with E-state index >= 15 is 0 Å². The van der Waals surface area contributed by atoms with E-state index in [-0.39, 0.29) is 12.4 Å². The average molecular weight is 372 g/mol. The van der Waals surface area contributed by atoms with Crippen molar-refractivity contribution >= 4 is 17.7 Å². The lowest BCUT2D eigenvalue weighted by molar-refractivity contribution is -0.136. The summed E-state index contributed by atoms with van der Waals surface area (Å²) >= 11 is 0. The number of aromatic nitrogens is 2. The molecule has 0 fully saturated rings. The number of methoxy groups -OCH3 is 1. The molecule has 7 heteroatoms. The summed E-state index contributed by atoms with van der Waals surface area (Å²) in [4.78, 5) is 19.7. The van der Waals surface area contributed by atoms with Crippen LogP contribution in [0.5, 0.6) is 5.75 Å². The molecule has 1 aromatic carbocycles. The number of nitrogens with two attached hydrogens (primary N) is 1. The summed E-state index contributed by atoms with van der Waals surface area (Å²) in [5.74, 6) is 0.802. The van der Waals surface area contributed by atoms with Crippen molar-refractivity contribution in [2.45, 2.75) is 46.0 Å². The normalized spacial score (nSPS) is 10.6. The molecule has 0 amide bonds. The quantitative estimate of drug-likeness (QED) is 0.549. The number of aliphatic carboxylic acids is 1. The van der Waals surface area contributed by atoms with Crippen molar-refractivity contribution in [3.05, 3.63) is 40.6 Å². The van der Waals surface area contributed by atoms with Gasteiger partial charge in [0.05, 0.1) is 13.5 Å². The molecule has 0 saturated carbocycles. The molecule has 0 aliphatic carbocycles. The van der Waals surface area contributed by atoms with Crippen LogP contribution in [0.2, 0.25) is 0 Å². The molecule has 1 aromatic heterocycles. The highest BCUT2D eigenvalue weighted by Crippen LogP contribution is 2.27. The van der Waals surface area contributed by atoms with Crippen molar-refractivity contribution in [1.29, 1.82) is 0 Å². The van der Waals surface area contributed by atoms with Gasteiger partial charge in [-0.25, -0.2) is 4.98 Å². The number of rotatable bonds is 10. The minimum Gasteiger partial charge on any atom is -0.496 e. The first kappa shape index (κ1) is 20.5. The Balaban J connectivity index is 2.33. The minimum absolute atomic E-state index is 0.0314. The molecule has 0 spiro atoms. The van der Waals surface area contributed by atoms with Gasteiger partial charge >= 0.3 is 5.97 Å². The number of nitrogen functional groups attached to an aromatic ring is 1. The van der Waals surface area contributed by atoms with Crippen molar-refractivity contribution in [1.82, 2.24) is 9.97 Å². The summed E-state index contributed by atoms with van der Waals surface area (Å²) in [6, 6.07) is 5.44. The van der Waals surface area contributed by atoms with Crippen molar-refractivity contribution in [2.75, 3.05) is 24.7 Å². The molecule has 7 nitrogen and oxygen atoms in total. The van der Waals surface area contributed by atoms with E-state index in [2.05, 4.69) is 22.2 Å². The van der Waals surface area contributed by atoms with Crippen LogP contribution < -0.4 is 15.8 Å². The zero-order valence-electron chi connectivity index (χ0n) is 16.2. The number of aryl methyl sites for hydroxylation is 1. The van der Waals surface area contributed by atoms with E-state index < -0.39 is 5.97 Å². The Labute approximate surface area is 160 Å². The van der Waals surface area contributed by atoms with Gasteiger partial charge in [0.2, 0.25) is 5.95 Å². The van der Waals surface area contributed by atoms with E-state index in [1.54, 1.807) is 19.2 Å². The maximum atomic E-state index is 11.0. The molecule has 0 radical (unpaired) electrons. The van der Waals surface area contributed by atoms with Gasteiger partial charge in [0, 0.05) is 24.2 Å². The van der Waals surface area contributed by atoms with Gasteiger partial charge in [-0.15, -0.1) is 0 Å². The predicted molar refractivity (Wildman–Crippen MR) is 106 cm³/mol. The van der Waals surface area contributed by atoms with Gasteiger partial charge in [0.15, 0.2) is 0 Å². The number of benzene rings is 1. The van der Waals surface area contributed by atoms with E-state index in [0.29, 0.717) is 12.2 Å². The summed E-state index contributed by atoms with van der Waals surface area (Å²) in [5.41, 5.74) is 9.19. The van der Waals surface area contributed by atoms with Gasteiger partial charge in [-0.2, -0.15) is 4.98 Å². The Morgan fingerprint density at radius 3 is 2.74 bits per heavy atom. The molecule has 0 unspecified atom stereocenters. The van der Waals surface area contributed by atoms with Crippen molar-refractivity contribution < 1.29 is 14.6 Å². The Hall–Kier alpha value is -2.83. The second kappa shape index (κ2) is 9.75. The second-order valence-corrected chi connectivity index (χ2v) is 6.52. The fraction of sp³-hybridized carbons (Fsp3) is 0.450. The average Bonchev–Trinajstić information content (AvgIpc) is 2.61. The zero-order chi connectivity index (χ0) is 19.8. The summed E-state index contributed by atoms with van der Waals surface area (Å²) in [6.45, 7) is 4.87. The fourth-order valence-corrected chi connectivity index (χ4v) is 3.00. The van der Waals surface area contributed by atoms with Crippen molar-refractivity contribution in [2.24, 2.45) is 0 Å². The first-order valence-corrected chi connectivity index (χ1v) is 9.19. The van der Waals surface area contributed by atoms with Gasteiger partial charge in [0.1, 0.15) is 11.6 Å². The summed E-state index contributed by atoms with van der Waals surface area (Å²) < 4.78 is 5.46. The molecule has 1 heterocycles. The van der Waals surface area contributed by atoms with Crippen LogP contribution in [0.15, 0.2) is 18.2 Å². The molecular weight excluding hydrogens is 344 g/mol. The van der Waals surface area contributed by atoms with Crippen LogP contribution in [0, 0.1) is 6.92 Å². The molecule has 0 aliphatic heterocycles. The van der Waals surface area contributed by atoms with Gasteiger partial charge in [-0.05, 0) is 30.5 Å². The molecule has 0 aliphatic rings. The van der Waals surface area contributed by atoms with Gasteiger partial charge in [-0.3, -0.25) is 4.79 Å². The largest absolute Gasteiger partial charge is 0.496 e. The molecule has 27 heavy (non-hydrogen) atoms. The third-order valence-corrected chi connectivity index (χ3v) is 4.37. The molecule has 2 rings (SSSR count). The minimum atomic E-state index is -0.864. The van der Waals surface area contributed by atoms with E-state index in [0.717, 1.165) is 54.0 Å². The smallest absolute Gasteiger partial charge is 0.307 e. The predicted octanol–water partition coefficient (Wildman–Crippen LogP) is 3.20. The highest BCUT2D eigenvalue weighted by molar-refractivity contribution is 5.70. The second-order valence-electron chi connectivity index (χ2n) is 6.52. The Morgan fingerprint density at radius 1 is 1.30 bits per heavy atom. The number of carbonyl (C=O) groups is 1. The van der Waals surface area contributed by atoms with Crippen molar-refractivity contribution in [3.8, 4) is 5.75 Å². The monoisotopic (exact) mass is 372 g/mol. The van der Waals surface area contributed by atoms with Gasteiger partial charge < -0.3 is 20.9 Å². The van der Waals surface area contributed by atoms with Crippen molar-refractivity contribution in [3.63, 3.8) is 0 Å². The first-order chi connectivity index (χ1) is 12.9. The Kier molecular flexibility index (Phi) is 7.40. The number of carboxylic acid groups (broad SMARTS) is 1. The standard InChI is InChI=1S/C20H28N4O3/c1-4-5-6-9-22-19-16(13(2)23-20(21)24-19)12-15-10-14(11-18(25)26)7-8-17(15)27-3/h7-8,10H,4-6,9,11-12H2,1-3H3,(H,25,26)(H3,21,22,23,24). The number of unbranched alkanes of at least 4 members (excludes halogenated alkanes) is 2. The van der Waals surface area contributed by atoms with Gasteiger partial charge in [-0.1, -0.05) is 31.9 Å². The summed E-state index contributed by atoms with van der Waals surface area (Å²) in [5, 5.41) is 12.4. The number of nitrogens with zero attached hydrogens (tertiary/aromatic N) is 2. The zero-order valence-corrected chi connectivity index (χ0v) is 16.2. The fourth-order valence-electron chi connectivity index (χ4n) is 3.00. The molecule has 0 atom stereocenters. The van der Waals surface area contributed by atoms with Crippen LogP contribution in [-0.2, 0) is 17.6 Å². The van der Waals surface area contributed by atoms with Gasteiger partial charge in [0.25, 0.3) is 0 Å². The van der Waals surface area contributed by atoms with Crippen LogP contribution >= 0.6 is 0 Å². The number of nitrogens with one attached hydrogen (secondary N) is 1. The number of anilines is 2. The van der Waals surface area contributed by atoms with Crippen LogP contribution in [0.4, 0.5) is 11.8 Å². The highest BCUT2D eigenvalue weighted by atomic mass is 16.5. The Morgan fingerprint density at radius 2 is 2.07 bits per heavy atom. The molecule has 2 aromatic rings. The summed E-state index contributed by atoms with van der Waals surface area (Å²) in [6.07, 6.45) is 3.84. The first-order valence-electron chi connectivity index (χ1n) is 9.19. The number of hydrogen-bond donors (Lipinski definition) is 3. The lowest BCUT2D eigenvalue weighted by Crippen LogP contribution is -2.12. The van der Waals surface area contributed by atoms with E-state index in [4.69, 9.17) is 15.6 Å². The van der Waals surface area contributed by atoms with E-state index in [9.17, 15) is 4.79 Å². The topological polar surface area (TPSA) is 110 Å². The maximum absolute atomic E-state index is 11.0. The summed E-state index contributed by atoms with van der Waals surface area (Å²) in [7, 11) is 1.60. The SMILES string of the molecule is CCCCCNc1nc(N)nc(C)c1Cc1cc(CC(=O)O)ccc1OC. The van der Waals surface area contributed by atoms with Crippen LogP contribution in [-0.4, -0.2) is 34.7 Å². The van der Waals surface area contributed by atoms with Crippen LogP contribution in [0.3, 0.4) is 0 Å². The maximum Gasteiger partial charge on any atom is 0.307 e. The molecule has 0 bridgehead atoms. The number of hydrogen-bond acceptors (Lipinski definition) is 6. The number of ether oxygens (including phenoxy) is 1. The lowest BCUT2D eigenvalue weighted by Gasteiger charge is -2.16. The lowest BCUT2D eigenvalue weighted by atomic mass is 9.99. The van der Waals surface area contributed by atoms with E-state index in [1.807, 2.05) is 13.0 Å². The van der Waals surface area contributed by atoms with E-state index in [1.165, 1.54) is 0 Å². The molecular formula is C20H28N4O3. The number of carboxylic acids is 1. The molecule has 146 valence electrons. The van der Waals surface area contributed by atoms with Crippen LogP contribution in [0.1, 0.15) is 48.6 Å². The third-order valence-electron chi connectivity index (χ3n) is 4.37.